The first-order valence-corrected chi connectivity index (χ1v) is 5.90. The Labute approximate surface area is 95.9 Å². The summed E-state index contributed by atoms with van der Waals surface area (Å²) in [6.07, 6.45) is 5.32. The first kappa shape index (κ1) is 11.4. The molecule has 0 unspecified atom stereocenters. The van der Waals surface area contributed by atoms with Crippen molar-refractivity contribution < 1.29 is 14.3 Å². The van der Waals surface area contributed by atoms with Crippen molar-refractivity contribution in [3.8, 4) is 0 Å². The Kier molecular flexibility index (Phi) is 3.13. The number of Topliss-reactive ketones (excluding diaryl/α,β-unsaturated/α-hetero) is 1. The smallest absolute Gasteiger partial charge is 0.309 e. The summed E-state index contributed by atoms with van der Waals surface area (Å²) in [5, 5.41) is 0. The molecule has 1 fully saturated rings. The van der Waals surface area contributed by atoms with E-state index >= 15 is 0 Å². The van der Waals surface area contributed by atoms with Gasteiger partial charge in [0.2, 0.25) is 0 Å². The number of ketones is 1. The molecule has 1 saturated carbocycles. The molecule has 88 valence electrons. The van der Waals surface area contributed by atoms with E-state index in [9.17, 15) is 9.59 Å². The van der Waals surface area contributed by atoms with Gasteiger partial charge < -0.3 is 4.74 Å². The molecule has 3 atom stereocenters. The summed E-state index contributed by atoms with van der Waals surface area (Å²) in [6.45, 7) is 2.07. The first-order valence-electron chi connectivity index (χ1n) is 5.90. The molecule has 0 aliphatic heterocycles. The Hall–Kier alpha value is -1.12. The zero-order chi connectivity index (χ0) is 11.7. The van der Waals surface area contributed by atoms with Crippen molar-refractivity contribution in [1.82, 2.24) is 0 Å². The van der Waals surface area contributed by atoms with E-state index in [4.69, 9.17) is 4.74 Å². The molecule has 0 bridgehead atoms. The standard InChI is InChI=1S/C13H18O3/c1-8-4-3-5-10-11(8)6-9(7-12(10)14)13(15)16-2/h4,9-11H,3,5-7H2,1-2H3/t9-,10-,11-/m0/s1. The average molecular weight is 222 g/mol. The Morgan fingerprint density at radius 3 is 2.88 bits per heavy atom. The van der Waals surface area contributed by atoms with Crippen molar-refractivity contribution in [2.24, 2.45) is 17.8 Å². The van der Waals surface area contributed by atoms with E-state index in [0.717, 1.165) is 19.3 Å². The van der Waals surface area contributed by atoms with E-state index in [0.29, 0.717) is 6.42 Å². The number of carbonyl (C=O) groups excluding carboxylic acids is 2. The third-order valence-electron chi connectivity index (χ3n) is 3.95. The summed E-state index contributed by atoms with van der Waals surface area (Å²) in [5.74, 6) is 0.231. The van der Waals surface area contributed by atoms with Crippen LogP contribution in [0.5, 0.6) is 0 Å². The Morgan fingerprint density at radius 2 is 2.19 bits per heavy atom. The van der Waals surface area contributed by atoms with Gasteiger partial charge in [-0.2, -0.15) is 0 Å². The topological polar surface area (TPSA) is 43.4 Å². The van der Waals surface area contributed by atoms with Gasteiger partial charge in [0.15, 0.2) is 0 Å². The van der Waals surface area contributed by atoms with Crippen LogP contribution in [0.2, 0.25) is 0 Å². The first-order chi connectivity index (χ1) is 7.63. The van der Waals surface area contributed by atoms with Crippen LogP contribution >= 0.6 is 0 Å². The van der Waals surface area contributed by atoms with E-state index < -0.39 is 0 Å². The highest BCUT2D eigenvalue weighted by Crippen LogP contribution is 2.41. The molecule has 16 heavy (non-hydrogen) atoms. The second kappa shape index (κ2) is 4.40. The van der Waals surface area contributed by atoms with Gasteiger partial charge in [-0.25, -0.2) is 0 Å². The van der Waals surface area contributed by atoms with Crippen LogP contribution in [0.4, 0.5) is 0 Å². The fourth-order valence-corrected chi connectivity index (χ4v) is 3.03. The van der Waals surface area contributed by atoms with Crippen LogP contribution in [-0.2, 0) is 14.3 Å². The van der Waals surface area contributed by atoms with Crippen molar-refractivity contribution in [1.29, 1.82) is 0 Å². The zero-order valence-corrected chi connectivity index (χ0v) is 9.86. The molecule has 0 aromatic rings. The molecule has 0 radical (unpaired) electrons. The van der Waals surface area contributed by atoms with Crippen molar-refractivity contribution in [2.75, 3.05) is 7.11 Å². The number of hydrogen-bond donors (Lipinski definition) is 0. The van der Waals surface area contributed by atoms with Gasteiger partial charge in [0.25, 0.3) is 0 Å². The minimum atomic E-state index is -0.231. The number of methoxy groups -OCH3 is 1. The zero-order valence-electron chi connectivity index (χ0n) is 9.86. The monoisotopic (exact) mass is 222 g/mol. The van der Waals surface area contributed by atoms with Crippen LogP contribution in [0, 0.1) is 17.8 Å². The highest BCUT2D eigenvalue weighted by atomic mass is 16.5. The molecule has 0 N–H and O–H groups in total. The summed E-state index contributed by atoms with van der Waals surface area (Å²) in [4.78, 5) is 23.5. The minimum absolute atomic E-state index is 0.158. The Morgan fingerprint density at radius 1 is 1.44 bits per heavy atom. The fourth-order valence-electron chi connectivity index (χ4n) is 3.03. The number of rotatable bonds is 1. The number of fused-ring (bicyclic) bond motifs is 1. The fraction of sp³-hybridized carbons (Fsp3) is 0.692. The van der Waals surface area contributed by atoms with Crippen LogP contribution in [0.3, 0.4) is 0 Å². The number of carbonyl (C=O) groups is 2. The lowest BCUT2D eigenvalue weighted by atomic mass is 9.66. The van der Waals surface area contributed by atoms with Crippen LogP contribution in [0.1, 0.15) is 32.6 Å². The van der Waals surface area contributed by atoms with Crippen molar-refractivity contribution in [3.05, 3.63) is 11.6 Å². The molecule has 3 nitrogen and oxygen atoms in total. The summed E-state index contributed by atoms with van der Waals surface area (Å²) >= 11 is 0. The lowest BCUT2D eigenvalue weighted by molar-refractivity contribution is -0.150. The summed E-state index contributed by atoms with van der Waals surface area (Å²) in [7, 11) is 1.39. The number of hydrogen-bond acceptors (Lipinski definition) is 3. The van der Waals surface area contributed by atoms with Gasteiger partial charge in [-0.3, -0.25) is 9.59 Å². The van der Waals surface area contributed by atoms with Crippen molar-refractivity contribution in [2.45, 2.75) is 32.6 Å². The molecular weight excluding hydrogens is 204 g/mol. The molecule has 2 rings (SSSR count). The van der Waals surface area contributed by atoms with E-state index in [2.05, 4.69) is 13.0 Å². The van der Waals surface area contributed by atoms with Crippen LogP contribution < -0.4 is 0 Å². The predicted molar refractivity (Wildman–Crippen MR) is 59.7 cm³/mol. The van der Waals surface area contributed by atoms with Gasteiger partial charge in [-0.15, -0.1) is 0 Å². The van der Waals surface area contributed by atoms with Gasteiger partial charge in [0.1, 0.15) is 5.78 Å². The lowest BCUT2D eigenvalue weighted by Gasteiger charge is -2.37. The van der Waals surface area contributed by atoms with Crippen LogP contribution in [0.25, 0.3) is 0 Å². The molecule has 0 heterocycles. The highest BCUT2D eigenvalue weighted by Gasteiger charge is 2.41. The highest BCUT2D eigenvalue weighted by molar-refractivity contribution is 5.88. The SMILES string of the molecule is COC(=O)[C@@H]1CC(=O)[C@H]2CCC=C(C)[C@@H]2C1. The van der Waals surface area contributed by atoms with E-state index in [1.165, 1.54) is 12.7 Å². The molecule has 0 amide bonds. The molecule has 3 heteroatoms. The Balaban J connectivity index is 2.17. The van der Waals surface area contributed by atoms with Gasteiger partial charge in [-0.1, -0.05) is 11.6 Å². The molecule has 2 aliphatic rings. The maximum atomic E-state index is 12.0. The molecule has 0 aromatic heterocycles. The van der Waals surface area contributed by atoms with Gasteiger partial charge >= 0.3 is 5.97 Å². The summed E-state index contributed by atoms with van der Waals surface area (Å²) < 4.78 is 4.74. The van der Waals surface area contributed by atoms with Crippen molar-refractivity contribution in [3.63, 3.8) is 0 Å². The third kappa shape index (κ3) is 1.91. The predicted octanol–water partition coefficient (Wildman–Crippen LogP) is 2.11. The second-order valence-electron chi connectivity index (χ2n) is 4.86. The number of ether oxygens (including phenoxy) is 1. The lowest BCUT2D eigenvalue weighted by Crippen LogP contribution is -2.38. The van der Waals surface area contributed by atoms with Gasteiger partial charge in [0.05, 0.1) is 13.0 Å². The second-order valence-corrected chi connectivity index (χ2v) is 4.86. The minimum Gasteiger partial charge on any atom is -0.469 e. The maximum Gasteiger partial charge on any atom is 0.309 e. The molecule has 0 spiro atoms. The van der Waals surface area contributed by atoms with Crippen molar-refractivity contribution >= 4 is 11.8 Å². The largest absolute Gasteiger partial charge is 0.469 e. The summed E-state index contributed by atoms with van der Waals surface area (Å²) in [5.41, 5.74) is 1.28. The number of esters is 1. The van der Waals surface area contributed by atoms with Gasteiger partial charge in [0, 0.05) is 12.3 Å². The average Bonchev–Trinajstić information content (AvgIpc) is 2.29. The van der Waals surface area contributed by atoms with E-state index in [1.54, 1.807) is 0 Å². The van der Waals surface area contributed by atoms with E-state index in [1.807, 2.05) is 0 Å². The molecule has 0 saturated heterocycles. The maximum absolute atomic E-state index is 12.0. The quantitative estimate of drug-likeness (QED) is 0.504. The number of allylic oxidation sites excluding steroid dienone is 2. The normalized spacial score (nSPS) is 34.0. The molecule has 2 aliphatic carbocycles. The van der Waals surface area contributed by atoms with Crippen LogP contribution in [0.15, 0.2) is 11.6 Å². The Bertz CT molecular complexity index is 343. The van der Waals surface area contributed by atoms with Crippen LogP contribution in [-0.4, -0.2) is 18.9 Å². The summed E-state index contributed by atoms with van der Waals surface area (Å²) in [6, 6.07) is 0. The third-order valence-corrected chi connectivity index (χ3v) is 3.95. The molecule has 0 aromatic carbocycles. The van der Waals surface area contributed by atoms with E-state index in [-0.39, 0.29) is 29.5 Å². The molecular formula is C13H18O3. The van der Waals surface area contributed by atoms with Gasteiger partial charge in [-0.05, 0) is 32.1 Å².